The molecular formula is C28H27N5O4. The first kappa shape index (κ1) is 24.2. The first-order chi connectivity index (χ1) is 17.8. The number of anilines is 2. The van der Waals surface area contributed by atoms with E-state index in [1.165, 1.54) is 0 Å². The van der Waals surface area contributed by atoms with Crippen molar-refractivity contribution in [2.75, 3.05) is 24.4 Å². The van der Waals surface area contributed by atoms with Crippen LogP contribution in [-0.4, -0.2) is 46.9 Å². The second-order valence-corrected chi connectivity index (χ2v) is 9.38. The Balaban J connectivity index is 1.39. The van der Waals surface area contributed by atoms with E-state index in [0.717, 1.165) is 5.52 Å². The van der Waals surface area contributed by atoms with Gasteiger partial charge in [0, 0.05) is 18.2 Å². The first-order valence-corrected chi connectivity index (χ1v) is 11.8. The van der Waals surface area contributed by atoms with Gasteiger partial charge in [-0.2, -0.15) is 0 Å². The number of fused-ring (bicyclic) bond motifs is 1. The number of carbonyl (C=O) groups excluding carboxylic acids is 2. The van der Waals surface area contributed by atoms with Gasteiger partial charge in [0.15, 0.2) is 0 Å². The molecule has 0 saturated carbocycles. The van der Waals surface area contributed by atoms with Crippen LogP contribution in [0.4, 0.5) is 11.4 Å². The number of aromatic nitrogens is 2. The Hall–Kier alpha value is -4.50. The number of aliphatic imine (C=N–C) groups is 1. The molecule has 9 heteroatoms. The fraction of sp³-hybridized carbons (Fsp3) is 0.214. The molecule has 0 fully saturated rings. The molecule has 188 valence electrons. The zero-order valence-corrected chi connectivity index (χ0v) is 20.8. The molecule has 0 spiro atoms. The summed E-state index contributed by atoms with van der Waals surface area (Å²) in [5.74, 6) is -0.144. The van der Waals surface area contributed by atoms with Crippen molar-refractivity contribution in [2.45, 2.75) is 26.0 Å². The van der Waals surface area contributed by atoms with Gasteiger partial charge in [-0.25, -0.2) is 9.98 Å². The van der Waals surface area contributed by atoms with E-state index in [0.29, 0.717) is 51.6 Å². The molecule has 0 atom stereocenters. The molecular weight excluding hydrogens is 470 g/mol. The Morgan fingerprint density at radius 3 is 2.59 bits per heavy atom. The number of aromatic amines is 1. The van der Waals surface area contributed by atoms with Crippen molar-refractivity contribution in [1.29, 1.82) is 0 Å². The third-order valence-corrected chi connectivity index (χ3v) is 5.98. The summed E-state index contributed by atoms with van der Waals surface area (Å²) in [5, 5.41) is 5.87. The van der Waals surface area contributed by atoms with Crippen LogP contribution >= 0.6 is 0 Å². The minimum atomic E-state index is -0.323. The maximum atomic E-state index is 13.2. The second kappa shape index (κ2) is 9.87. The predicted molar refractivity (Wildman–Crippen MR) is 142 cm³/mol. The molecule has 4 aromatic rings. The van der Waals surface area contributed by atoms with Crippen LogP contribution in [0.25, 0.3) is 11.0 Å². The maximum absolute atomic E-state index is 13.2. The van der Waals surface area contributed by atoms with Gasteiger partial charge in [-0.05, 0) is 61.9 Å². The standard InChI is InChI=1S/C28H27N5O4/c1-28(2)15-37-27(33-28)20-7-4-5-8-21(20)31-25(34)17-11-12-19(18(13-17)14-36-3)26(35)32-23-10-6-9-22-24(23)30-16-29-22/h4-13,16H,14-15H2,1-3H3,(H,29,30)(H,31,34)(H,32,35). The summed E-state index contributed by atoms with van der Waals surface area (Å²) in [6.45, 7) is 4.62. The minimum absolute atomic E-state index is 0.160. The van der Waals surface area contributed by atoms with Crippen molar-refractivity contribution in [1.82, 2.24) is 9.97 Å². The maximum Gasteiger partial charge on any atom is 0.256 e. The molecule has 0 unspecified atom stereocenters. The van der Waals surface area contributed by atoms with E-state index in [9.17, 15) is 9.59 Å². The summed E-state index contributed by atoms with van der Waals surface area (Å²) in [6.07, 6.45) is 1.58. The monoisotopic (exact) mass is 497 g/mol. The smallest absolute Gasteiger partial charge is 0.256 e. The van der Waals surface area contributed by atoms with E-state index in [4.69, 9.17) is 9.47 Å². The molecule has 0 radical (unpaired) electrons. The number of carbonyl (C=O) groups is 2. The van der Waals surface area contributed by atoms with Gasteiger partial charge in [0.1, 0.15) is 12.1 Å². The van der Waals surface area contributed by atoms with Gasteiger partial charge in [0.2, 0.25) is 5.90 Å². The normalized spacial score (nSPS) is 14.2. The number of para-hydroxylation sites is 2. The SMILES string of the molecule is COCc1cc(C(=O)Nc2ccccc2C2=NC(C)(C)CO2)ccc1C(=O)Nc1cccc2[nH]cnc12. The van der Waals surface area contributed by atoms with Gasteiger partial charge >= 0.3 is 0 Å². The van der Waals surface area contributed by atoms with E-state index >= 15 is 0 Å². The van der Waals surface area contributed by atoms with Crippen LogP contribution in [0.2, 0.25) is 0 Å². The highest BCUT2D eigenvalue weighted by atomic mass is 16.5. The van der Waals surface area contributed by atoms with Crippen LogP contribution in [0.5, 0.6) is 0 Å². The van der Waals surface area contributed by atoms with Gasteiger partial charge < -0.3 is 25.1 Å². The lowest BCUT2D eigenvalue weighted by atomic mass is 10.0. The highest BCUT2D eigenvalue weighted by Gasteiger charge is 2.28. The number of nitrogens with zero attached hydrogens (tertiary/aromatic N) is 2. The molecule has 1 aliphatic rings. The molecule has 2 heterocycles. The third-order valence-electron chi connectivity index (χ3n) is 5.98. The number of hydrogen-bond acceptors (Lipinski definition) is 6. The number of nitrogens with one attached hydrogen (secondary N) is 3. The number of amides is 2. The van der Waals surface area contributed by atoms with E-state index in [1.807, 2.05) is 44.2 Å². The molecule has 1 aliphatic heterocycles. The highest BCUT2D eigenvalue weighted by Crippen LogP contribution is 2.26. The number of H-pyrrole nitrogens is 1. The minimum Gasteiger partial charge on any atom is -0.475 e. The van der Waals surface area contributed by atoms with Crippen LogP contribution in [0.15, 0.2) is 72.0 Å². The van der Waals surface area contributed by atoms with Gasteiger partial charge in [-0.3, -0.25) is 9.59 Å². The zero-order valence-electron chi connectivity index (χ0n) is 20.8. The Bertz CT molecular complexity index is 1520. The average Bonchev–Trinajstić information content (AvgIpc) is 3.51. The Morgan fingerprint density at radius 2 is 1.81 bits per heavy atom. The van der Waals surface area contributed by atoms with Crippen molar-refractivity contribution in [3.63, 3.8) is 0 Å². The Labute approximate surface area is 213 Å². The molecule has 1 aromatic heterocycles. The Kier molecular flexibility index (Phi) is 6.45. The zero-order chi connectivity index (χ0) is 26.0. The van der Waals surface area contributed by atoms with Crippen LogP contribution in [-0.2, 0) is 16.1 Å². The molecule has 0 bridgehead atoms. The van der Waals surface area contributed by atoms with Crippen molar-refractivity contribution < 1.29 is 19.1 Å². The lowest BCUT2D eigenvalue weighted by Crippen LogP contribution is -2.18. The van der Waals surface area contributed by atoms with Crippen LogP contribution < -0.4 is 10.6 Å². The van der Waals surface area contributed by atoms with Gasteiger partial charge in [-0.15, -0.1) is 0 Å². The summed E-state index contributed by atoms with van der Waals surface area (Å²) in [4.78, 5) is 38.3. The fourth-order valence-electron chi connectivity index (χ4n) is 4.18. The summed E-state index contributed by atoms with van der Waals surface area (Å²) in [7, 11) is 1.54. The van der Waals surface area contributed by atoms with Gasteiger partial charge in [0.25, 0.3) is 11.8 Å². The molecule has 37 heavy (non-hydrogen) atoms. The van der Waals surface area contributed by atoms with Crippen molar-refractivity contribution in [2.24, 2.45) is 4.99 Å². The number of hydrogen-bond donors (Lipinski definition) is 3. The number of rotatable bonds is 7. The van der Waals surface area contributed by atoms with E-state index < -0.39 is 0 Å². The van der Waals surface area contributed by atoms with E-state index in [-0.39, 0.29) is 24.0 Å². The predicted octanol–water partition coefficient (Wildman–Crippen LogP) is 4.77. The fourth-order valence-corrected chi connectivity index (χ4v) is 4.18. The van der Waals surface area contributed by atoms with Gasteiger partial charge in [0.05, 0.1) is 40.9 Å². The molecule has 0 aliphatic carbocycles. The summed E-state index contributed by atoms with van der Waals surface area (Å²) in [5.41, 5.74) is 4.43. The Morgan fingerprint density at radius 1 is 1.03 bits per heavy atom. The lowest BCUT2D eigenvalue weighted by Gasteiger charge is -2.14. The van der Waals surface area contributed by atoms with Crippen molar-refractivity contribution in [3.8, 4) is 0 Å². The quantitative estimate of drug-likeness (QED) is 0.340. The number of benzene rings is 3. The molecule has 0 saturated heterocycles. The van der Waals surface area contributed by atoms with Crippen LogP contribution in [0, 0.1) is 0 Å². The second-order valence-electron chi connectivity index (χ2n) is 9.38. The molecule has 3 aromatic carbocycles. The number of ether oxygens (including phenoxy) is 2. The number of methoxy groups -OCH3 is 1. The summed E-state index contributed by atoms with van der Waals surface area (Å²) < 4.78 is 11.1. The van der Waals surface area contributed by atoms with E-state index in [1.54, 1.807) is 43.8 Å². The first-order valence-electron chi connectivity index (χ1n) is 11.8. The highest BCUT2D eigenvalue weighted by molar-refractivity contribution is 6.11. The lowest BCUT2D eigenvalue weighted by molar-refractivity contribution is 0.101. The molecule has 5 rings (SSSR count). The average molecular weight is 498 g/mol. The topological polar surface area (TPSA) is 118 Å². The van der Waals surface area contributed by atoms with Gasteiger partial charge in [-0.1, -0.05) is 18.2 Å². The van der Waals surface area contributed by atoms with E-state index in [2.05, 4.69) is 25.6 Å². The summed E-state index contributed by atoms with van der Waals surface area (Å²) >= 11 is 0. The third kappa shape index (κ3) is 5.07. The molecule has 9 nitrogen and oxygen atoms in total. The summed E-state index contributed by atoms with van der Waals surface area (Å²) in [6, 6.07) is 17.8. The van der Waals surface area contributed by atoms with Crippen LogP contribution in [0.1, 0.15) is 45.7 Å². The van der Waals surface area contributed by atoms with Crippen molar-refractivity contribution in [3.05, 3.63) is 89.2 Å². The largest absolute Gasteiger partial charge is 0.475 e. The van der Waals surface area contributed by atoms with Crippen molar-refractivity contribution >= 4 is 40.1 Å². The number of imidazole rings is 1. The molecule has 3 N–H and O–H groups in total. The van der Waals surface area contributed by atoms with Crippen LogP contribution in [0.3, 0.4) is 0 Å². The molecule has 2 amide bonds.